The third kappa shape index (κ3) is 6.39. The van der Waals surface area contributed by atoms with E-state index in [1.54, 1.807) is 24.3 Å². The van der Waals surface area contributed by atoms with E-state index >= 15 is 0 Å². The quantitative estimate of drug-likeness (QED) is 0.604. The van der Waals surface area contributed by atoms with Gasteiger partial charge in [-0.3, -0.25) is 4.79 Å². The van der Waals surface area contributed by atoms with Crippen LogP contribution in [0.3, 0.4) is 0 Å². The minimum Gasteiger partial charge on any atom is -0.377 e. The molecule has 0 aliphatic rings. The molecule has 0 heterocycles. The van der Waals surface area contributed by atoms with E-state index < -0.39 is 0 Å². The second-order valence-electron chi connectivity index (χ2n) is 3.98. The molecule has 0 bridgehead atoms. The molecular formula is C15H18N2O2. The monoisotopic (exact) mass is 258 g/mol. The van der Waals surface area contributed by atoms with E-state index in [-0.39, 0.29) is 5.91 Å². The molecule has 4 nitrogen and oxygen atoms in total. The number of ether oxygens (including phenoxy) is 1. The molecule has 0 unspecified atom stereocenters. The van der Waals surface area contributed by atoms with Crippen molar-refractivity contribution in [2.24, 2.45) is 0 Å². The molecule has 0 radical (unpaired) electrons. The zero-order valence-corrected chi connectivity index (χ0v) is 11.1. The number of rotatable bonds is 7. The van der Waals surface area contributed by atoms with Crippen LogP contribution in [0.1, 0.15) is 25.3 Å². The lowest BCUT2D eigenvalue weighted by molar-refractivity contribution is -0.116. The predicted octanol–water partition coefficient (Wildman–Crippen LogP) is 2.87. The highest BCUT2D eigenvalue weighted by atomic mass is 16.5. The molecule has 1 amide bonds. The Kier molecular flexibility index (Phi) is 7.00. The second-order valence-corrected chi connectivity index (χ2v) is 3.98. The summed E-state index contributed by atoms with van der Waals surface area (Å²) >= 11 is 0. The lowest BCUT2D eigenvalue weighted by Crippen LogP contribution is -2.12. The minimum atomic E-state index is -0.0423. The van der Waals surface area contributed by atoms with Crippen LogP contribution in [0.2, 0.25) is 0 Å². The summed E-state index contributed by atoms with van der Waals surface area (Å²) < 4.78 is 5.30. The summed E-state index contributed by atoms with van der Waals surface area (Å²) in [6.45, 7) is 3.10. The fraction of sp³-hybridized carbons (Fsp3) is 0.333. The van der Waals surface area contributed by atoms with Gasteiger partial charge in [0, 0.05) is 18.7 Å². The number of anilines is 1. The van der Waals surface area contributed by atoms with Crippen LogP contribution in [0, 0.1) is 11.3 Å². The Morgan fingerprint density at radius 1 is 1.42 bits per heavy atom. The first-order valence-corrected chi connectivity index (χ1v) is 6.25. The van der Waals surface area contributed by atoms with Gasteiger partial charge in [-0.05, 0) is 37.6 Å². The van der Waals surface area contributed by atoms with Gasteiger partial charge in [-0.25, -0.2) is 0 Å². The molecule has 1 N–H and O–H groups in total. The van der Waals surface area contributed by atoms with Gasteiger partial charge in [0.1, 0.15) is 0 Å². The van der Waals surface area contributed by atoms with Crippen LogP contribution in [0.4, 0.5) is 5.69 Å². The number of carbonyl (C=O) groups excluding carboxylic acids is 1. The van der Waals surface area contributed by atoms with Crippen LogP contribution < -0.4 is 5.32 Å². The Morgan fingerprint density at radius 2 is 2.16 bits per heavy atom. The number of nitrogens with one attached hydrogen (secondary N) is 1. The molecule has 1 rings (SSSR count). The summed E-state index contributed by atoms with van der Waals surface area (Å²) in [7, 11) is 0. The van der Waals surface area contributed by atoms with Crippen molar-refractivity contribution >= 4 is 11.6 Å². The average molecular weight is 258 g/mol. The molecule has 1 aromatic rings. The number of hydrogen-bond donors (Lipinski definition) is 1. The zero-order chi connectivity index (χ0) is 13.9. The Labute approximate surface area is 113 Å². The van der Waals surface area contributed by atoms with Crippen LogP contribution in [0.15, 0.2) is 36.4 Å². The van der Waals surface area contributed by atoms with Crippen molar-refractivity contribution in [2.45, 2.75) is 19.8 Å². The number of carbonyl (C=O) groups is 1. The molecule has 0 aliphatic heterocycles. The maximum Gasteiger partial charge on any atom is 0.224 e. The first kappa shape index (κ1) is 14.9. The SMILES string of the molecule is CC=CCOCCCC(=O)Nc1ccc(C#N)cc1. The maximum absolute atomic E-state index is 11.6. The molecule has 1 aromatic carbocycles. The number of nitrogens with zero attached hydrogens (tertiary/aromatic N) is 1. The average Bonchev–Trinajstić information content (AvgIpc) is 2.43. The van der Waals surface area contributed by atoms with E-state index in [4.69, 9.17) is 10.00 Å². The molecule has 0 spiro atoms. The summed E-state index contributed by atoms with van der Waals surface area (Å²) in [4.78, 5) is 11.6. The van der Waals surface area contributed by atoms with Gasteiger partial charge in [0.25, 0.3) is 0 Å². The summed E-state index contributed by atoms with van der Waals surface area (Å²) in [6.07, 6.45) is 4.98. The van der Waals surface area contributed by atoms with Crippen LogP contribution in [0.5, 0.6) is 0 Å². The normalized spacial score (nSPS) is 10.3. The lowest BCUT2D eigenvalue weighted by Gasteiger charge is -2.05. The van der Waals surface area contributed by atoms with Crippen LogP contribution in [-0.2, 0) is 9.53 Å². The van der Waals surface area contributed by atoms with E-state index in [0.717, 1.165) is 0 Å². The maximum atomic E-state index is 11.6. The lowest BCUT2D eigenvalue weighted by atomic mass is 10.2. The highest BCUT2D eigenvalue weighted by Gasteiger charge is 2.02. The Hall–Kier alpha value is -2.12. The smallest absolute Gasteiger partial charge is 0.224 e. The van der Waals surface area contributed by atoms with Gasteiger partial charge in [-0.2, -0.15) is 5.26 Å². The van der Waals surface area contributed by atoms with Crippen molar-refractivity contribution in [2.75, 3.05) is 18.5 Å². The topological polar surface area (TPSA) is 62.1 Å². The van der Waals surface area contributed by atoms with Crippen molar-refractivity contribution in [3.8, 4) is 6.07 Å². The van der Waals surface area contributed by atoms with Crippen molar-refractivity contribution < 1.29 is 9.53 Å². The van der Waals surface area contributed by atoms with Gasteiger partial charge >= 0.3 is 0 Å². The Balaban J connectivity index is 2.21. The second kappa shape index (κ2) is 8.90. The molecule has 0 aromatic heterocycles. The fourth-order valence-corrected chi connectivity index (χ4v) is 1.43. The largest absolute Gasteiger partial charge is 0.377 e. The highest BCUT2D eigenvalue weighted by Crippen LogP contribution is 2.09. The van der Waals surface area contributed by atoms with Crippen molar-refractivity contribution in [1.29, 1.82) is 5.26 Å². The molecule has 0 aliphatic carbocycles. The Bertz CT molecular complexity index is 458. The van der Waals surface area contributed by atoms with E-state index in [0.29, 0.717) is 37.3 Å². The van der Waals surface area contributed by atoms with E-state index in [2.05, 4.69) is 5.32 Å². The molecule has 19 heavy (non-hydrogen) atoms. The van der Waals surface area contributed by atoms with Gasteiger partial charge in [0.2, 0.25) is 5.91 Å². The van der Waals surface area contributed by atoms with Gasteiger partial charge in [-0.1, -0.05) is 12.2 Å². The third-order valence-corrected chi connectivity index (χ3v) is 2.44. The van der Waals surface area contributed by atoms with Crippen LogP contribution >= 0.6 is 0 Å². The molecular weight excluding hydrogens is 240 g/mol. The number of hydrogen-bond acceptors (Lipinski definition) is 3. The molecule has 4 heteroatoms. The minimum absolute atomic E-state index is 0.0423. The zero-order valence-electron chi connectivity index (χ0n) is 11.1. The molecule has 100 valence electrons. The molecule has 0 saturated carbocycles. The Morgan fingerprint density at radius 3 is 2.79 bits per heavy atom. The number of allylic oxidation sites excluding steroid dienone is 1. The van der Waals surface area contributed by atoms with Crippen molar-refractivity contribution in [1.82, 2.24) is 0 Å². The highest BCUT2D eigenvalue weighted by molar-refractivity contribution is 5.90. The first-order valence-electron chi connectivity index (χ1n) is 6.25. The van der Waals surface area contributed by atoms with Gasteiger partial charge in [-0.15, -0.1) is 0 Å². The number of amides is 1. The van der Waals surface area contributed by atoms with E-state index in [9.17, 15) is 4.79 Å². The van der Waals surface area contributed by atoms with Gasteiger partial charge in [0.05, 0.1) is 18.2 Å². The number of nitriles is 1. The number of benzene rings is 1. The predicted molar refractivity (Wildman–Crippen MR) is 74.7 cm³/mol. The van der Waals surface area contributed by atoms with Gasteiger partial charge < -0.3 is 10.1 Å². The summed E-state index contributed by atoms with van der Waals surface area (Å²) in [5, 5.41) is 11.4. The van der Waals surface area contributed by atoms with Crippen molar-refractivity contribution in [3.63, 3.8) is 0 Å². The third-order valence-electron chi connectivity index (χ3n) is 2.44. The summed E-state index contributed by atoms with van der Waals surface area (Å²) in [6, 6.07) is 8.83. The van der Waals surface area contributed by atoms with Gasteiger partial charge in [0.15, 0.2) is 0 Å². The van der Waals surface area contributed by atoms with Crippen LogP contribution in [0.25, 0.3) is 0 Å². The summed E-state index contributed by atoms with van der Waals surface area (Å²) in [5.74, 6) is -0.0423. The molecule has 0 saturated heterocycles. The molecule has 0 fully saturated rings. The standard InChI is InChI=1S/C15H18N2O2/c1-2-3-10-19-11-4-5-15(18)17-14-8-6-13(12-16)7-9-14/h2-3,6-9H,4-5,10-11H2,1H3,(H,17,18). The first-order chi connectivity index (χ1) is 9.26. The van der Waals surface area contributed by atoms with Crippen molar-refractivity contribution in [3.05, 3.63) is 42.0 Å². The van der Waals surface area contributed by atoms with E-state index in [1.165, 1.54) is 0 Å². The fourth-order valence-electron chi connectivity index (χ4n) is 1.43. The van der Waals surface area contributed by atoms with Crippen LogP contribution in [-0.4, -0.2) is 19.1 Å². The van der Waals surface area contributed by atoms with E-state index in [1.807, 2.05) is 25.1 Å². The summed E-state index contributed by atoms with van der Waals surface area (Å²) in [5.41, 5.74) is 1.29. The molecule has 0 atom stereocenters.